The van der Waals surface area contributed by atoms with Crippen LogP contribution < -0.4 is 5.32 Å². The Labute approximate surface area is 103 Å². The van der Waals surface area contributed by atoms with Crippen LogP contribution in [0.1, 0.15) is 24.9 Å². The second-order valence-electron chi connectivity index (χ2n) is 3.70. The Kier molecular flexibility index (Phi) is 6.53. The van der Waals surface area contributed by atoms with Gasteiger partial charge >= 0.3 is 0 Å². The Hall–Kier alpha value is -0.510. The molecule has 0 bridgehead atoms. The molecule has 16 heavy (non-hydrogen) atoms. The summed E-state index contributed by atoms with van der Waals surface area (Å²) in [6.07, 6.45) is 3.25. The summed E-state index contributed by atoms with van der Waals surface area (Å²) in [5, 5.41) is 3.52. The summed E-state index contributed by atoms with van der Waals surface area (Å²) in [6, 6.07) is 8.81. The van der Waals surface area contributed by atoms with Gasteiger partial charge in [0.1, 0.15) is 0 Å². The minimum atomic E-state index is 0.300. The van der Waals surface area contributed by atoms with E-state index in [1.165, 1.54) is 10.5 Å². The van der Waals surface area contributed by atoms with Crippen molar-refractivity contribution in [2.45, 2.75) is 24.3 Å². The number of benzene rings is 1. The molecule has 1 aromatic rings. The average Bonchev–Trinajstić information content (AvgIpc) is 2.34. The van der Waals surface area contributed by atoms with Crippen molar-refractivity contribution >= 4 is 11.8 Å². The molecule has 90 valence electrons. The van der Waals surface area contributed by atoms with Gasteiger partial charge in [-0.3, -0.25) is 0 Å². The van der Waals surface area contributed by atoms with Gasteiger partial charge in [0.05, 0.1) is 12.6 Å². The molecule has 2 nitrogen and oxygen atoms in total. The molecular weight excluding hydrogens is 218 g/mol. The van der Waals surface area contributed by atoms with Crippen LogP contribution in [0.5, 0.6) is 0 Å². The molecule has 0 spiro atoms. The number of nitrogens with one attached hydrogen (secondary N) is 1. The first-order valence-electron chi connectivity index (χ1n) is 5.68. The SMILES string of the molecule is CCCNC(COC)c1ccccc1SC. The van der Waals surface area contributed by atoms with Gasteiger partial charge in [-0.1, -0.05) is 25.1 Å². The number of hydrogen-bond donors (Lipinski definition) is 1. The lowest BCUT2D eigenvalue weighted by Crippen LogP contribution is -2.26. The summed E-state index contributed by atoms with van der Waals surface area (Å²) in [4.78, 5) is 1.33. The number of methoxy groups -OCH3 is 1. The van der Waals surface area contributed by atoms with E-state index in [1.807, 2.05) is 0 Å². The van der Waals surface area contributed by atoms with Crippen LogP contribution in [0.2, 0.25) is 0 Å². The largest absolute Gasteiger partial charge is 0.383 e. The van der Waals surface area contributed by atoms with E-state index in [2.05, 4.69) is 42.8 Å². The molecule has 0 aliphatic carbocycles. The summed E-state index contributed by atoms with van der Waals surface area (Å²) in [5.74, 6) is 0. The first-order chi connectivity index (χ1) is 7.83. The molecule has 0 heterocycles. The van der Waals surface area contributed by atoms with Crippen LogP contribution in [0.4, 0.5) is 0 Å². The third-order valence-corrected chi connectivity index (χ3v) is 3.30. The predicted octanol–water partition coefficient (Wildman–Crippen LogP) is 3.10. The maximum Gasteiger partial charge on any atom is 0.0658 e. The van der Waals surface area contributed by atoms with Gasteiger partial charge in [0.2, 0.25) is 0 Å². The zero-order valence-corrected chi connectivity index (χ0v) is 11.1. The van der Waals surface area contributed by atoms with Gasteiger partial charge in [0.15, 0.2) is 0 Å². The third kappa shape index (κ3) is 3.81. The molecule has 1 unspecified atom stereocenters. The van der Waals surface area contributed by atoms with E-state index in [0.717, 1.165) is 19.6 Å². The summed E-state index contributed by atoms with van der Waals surface area (Å²) in [7, 11) is 1.75. The first-order valence-corrected chi connectivity index (χ1v) is 6.91. The Morgan fingerprint density at radius 3 is 2.75 bits per heavy atom. The maximum atomic E-state index is 5.28. The first kappa shape index (κ1) is 13.6. The minimum Gasteiger partial charge on any atom is -0.383 e. The van der Waals surface area contributed by atoms with Gasteiger partial charge in [-0.25, -0.2) is 0 Å². The van der Waals surface area contributed by atoms with Crippen molar-refractivity contribution < 1.29 is 4.74 Å². The van der Waals surface area contributed by atoms with E-state index >= 15 is 0 Å². The standard InChI is InChI=1S/C13H21NOS/c1-4-9-14-12(10-15-2)11-7-5-6-8-13(11)16-3/h5-8,12,14H,4,9-10H2,1-3H3. The smallest absolute Gasteiger partial charge is 0.0658 e. The molecule has 0 aromatic heterocycles. The Morgan fingerprint density at radius 1 is 1.38 bits per heavy atom. The van der Waals surface area contributed by atoms with E-state index in [-0.39, 0.29) is 0 Å². The lowest BCUT2D eigenvalue weighted by atomic mass is 10.1. The normalized spacial score (nSPS) is 12.7. The molecule has 0 saturated heterocycles. The number of hydrogen-bond acceptors (Lipinski definition) is 3. The second-order valence-corrected chi connectivity index (χ2v) is 4.55. The fourth-order valence-corrected chi connectivity index (χ4v) is 2.36. The van der Waals surface area contributed by atoms with Gasteiger partial charge in [-0.2, -0.15) is 0 Å². The van der Waals surface area contributed by atoms with Gasteiger partial charge in [0, 0.05) is 12.0 Å². The van der Waals surface area contributed by atoms with E-state index in [9.17, 15) is 0 Å². The minimum absolute atomic E-state index is 0.300. The van der Waals surface area contributed by atoms with E-state index in [4.69, 9.17) is 4.74 Å². The van der Waals surface area contributed by atoms with Gasteiger partial charge in [-0.15, -0.1) is 11.8 Å². The molecule has 3 heteroatoms. The molecule has 0 saturated carbocycles. The quantitative estimate of drug-likeness (QED) is 0.739. The van der Waals surface area contributed by atoms with Crippen molar-refractivity contribution in [2.24, 2.45) is 0 Å². The lowest BCUT2D eigenvalue weighted by molar-refractivity contribution is 0.166. The van der Waals surface area contributed by atoms with Crippen LogP contribution in [0.25, 0.3) is 0 Å². The molecule has 0 amide bonds. The van der Waals surface area contributed by atoms with Crippen molar-refractivity contribution in [2.75, 3.05) is 26.5 Å². The molecule has 1 aromatic carbocycles. The van der Waals surface area contributed by atoms with E-state index in [0.29, 0.717) is 6.04 Å². The highest BCUT2D eigenvalue weighted by Gasteiger charge is 2.13. The molecule has 0 aliphatic heterocycles. The molecule has 1 rings (SSSR count). The molecule has 1 atom stereocenters. The van der Waals surface area contributed by atoms with Crippen molar-refractivity contribution in [3.05, 3.63) is 29.8 Å². The summed E-state index contributed by atoms with van der Waals surface area (Å²) < 4.78 is 5.28. The van der Waals surface area contributed by atoms with Crippen molar-refractivity contribution in [3.8, 4) is 0 Å². The lowest BCUT2D eigenvalue weighted by Gasteiger charge is -2.20. The summed E-state index contributed by atoms with van der Waals surface area (Å²) in [6.45, 7) is 3.92. The highest BCUT2D eigenvalue weighted by Crippen LogP contribution is 2.25. The summed E-state index contributed by atoms with van der Waals surface area (Å²) >= 11 is 1.79. The van der Waals surface area contributed by atoms with Crippen molar-refractivity contribution in [1.29, 1.82) is 0 Å². The van der Waals surface area contributed by atoms with Crippen LogP contribution in [0.15, 0.2) is 29.2 Å². The molecular formula is C13H21NOS. The van der Waals surface area contributed by atoms with Crippen molar-refractivity contribution in [3.63, 3.8) is 0 Å². The van der Waals surface area contributed by atoms with Crippen LogP contribution in [0.3, 0.4) is 0 Å². The zero-order chi connectivity index (χ0) is 11.8. The van der Waals surface area contributed by atoms with Gasteiger partial charge < -0.3 is 10.1 Å². The monoisotopic (exact) mass is 239 g/mol. The number of ether oxygens (including phenoxy) is 1. The average molecular weight is 239 g/mol. The molecule has 0 fully saturated rings. The molecule has 0 aliphatic rings. The second kappa shape index (κ2) is 7.71. The Balaban J connectivity index is 2.81. The molecule has 0 radical (unpaired) electrons. The Bertz CT molecular complexity index is 304. The highest BCUT2D eigenvalue weighted by molar-refractivity contribution is 7.98. The number of rotatable bonds is 7. The zero-order valence-electron chi connectivity index (χ0n) is 10.3. The highest BCUT2D eigenvalue weighted by atomic mass is 32.2. The summed E-state index contributed by atoms with van der Waals surface area (Å²) in [5.41, 5.74) is 1.34. The topological polar surface area (TPSA) is 21.3 Å². The maximum absolute atomic E-state index is 5.28. The van der Waals surface area contributed by atoms with Crippen molar-refractivity contribution in [1.82, 2.24) is 5.32 Å². The Morgan fingerprint density at radius 2 is 2.12 bits per heavy atom. The van der Waals surface area contributed by atoms with Gasteiger partial charge in [0.25, 0.3) is 0 Å². The number of thioether (sulfide) groups is 1. The third-order valence-electron chi connectivity index (χ3n) is 2.49. The van der Waals surface area contributed by atoms with Crippen LogP contribution >= 0.6 is 11.8 Å². The van der Waals surface area contributed by atoms with Crippen LogP contribution in [-0.2, 0) is 4.74 Å². The van der Waals surface area contributed by atoms with Gasteiger partial charge in [-0.05, 0) is 30.9 Å². The predicted molar refractivity (Wildman–Crippen MR) is 71.1 cm³/mol. The van der Waals surface area contributed by atoms with Crippen LogP contribution in [0, 0.1) is 0 Å². The van der Waals surface area contributed by atoms with Crippen LogP contribution in [-0.4, -0.2) is 26.5 Å². The fourth-order valence-electron chi connectivity index (χ4n) is 1.70. The molecule has 1 N–H and O–H groups in total. The van der Waals surface area contributed by atoms with E-state index in [1.54, 1.807) is 18.9 Å². The fraction of sp³-hybridized carbons (Fsp3) is 0.538. The van der Waals surface area contributed by atoms with E-state index < -0.39 is 0 Å².